The molecule has 0 bridgehead atoms. The van der Waals surface area contributed by atoms with Crippen molar-refractivity contribution in [2.75, 3.05) is 32.7 Å². The van der Waals surface area contributed by atoms with Gasteiger partial charge in [-0.2, -0.15) is 12.7 Å². The van der Waals surface area contributed by atoms with E-state index in [1.165, 1.54) is 10.7 Å². The fourth-order valence-corrected chi connectivity index (χ4v) is 5.20. The van der Waals surface area contributed by atoms with E-state index >= 15 is 0 Å². The molecule has 2 aliphatic rings. The van der Waals surface area contributed by atoms with Crippen molar-refractivity contribution in [1.82, 2.24) is 13.9 Å². The summed E-state index contributed by atoms with van der Waals surface area (Å²) in [7, 11) is -3.47. The lowest BCUT2D eigenvalue weighted by Gasteiger charge is -2.34. The van der Waals surface area contributed by atoms with Crippen molar-refractivity contribution in [2.45, 2.75) is 46.5 Å². The second-order valence-electron chi connectivity index (χ2n) is 7.50. The van der Waals surface area contributed by atoms with Gasteiger partial charge in [-0.1, -0.05) is 20.8 Å². The largest absolute Gasteiger partial charge is 0.342 e. The van der Waals surface area contributed by atoms with E-state index in [0.717, 1.165) is 25.9 Å². The predicted molar refractivity (Wildman–Crippen MR) is 91.0 cm³/mol. The van der Waals surface area contributed by atoms with Gasteiger partial charge in [-0.3, -0.25) is 4.79 Å². The number of carbonyl (C=O) groups excluding carboxylic acids is 1. The minimum Gasteiger partial charge on any atom is -0.342 e. The van der Waals surface area contributed by atoms with Crippen LogP contribution in [0.25, 0.3) is 0 Å². The number of nitrogens with zero attached hydrogens (tertiary/aromatic N) is 2. The van der Waals surface area contributed by atoms with Crippen LogP contribution in [0.2, 0.25) is 0 Å². The van der Waals surface area contributed by atoms with E-state index < -0.39 is 10.2 Å². The summed E-state index contributed by atoms with van der Waals surface area (Å²) in [5, 5.41) is 0. The van der Waals surface area contributed by atoms with E-state index in [9.17, 15) is 13.2 Å². The first kappa shape index (κ1) is 18.7. The molecule has 0 unspecified atom stereocenters. The number of hydrogen-bond donors (Lipinski definition) is 1. The smallest absolute Gasteiger partial charge is 0.279 e. The standard InChI is InChI=1S/C16H31N3O3S/c1-13-5-4-8-18(10-13)16(20)6-7-17-23(21,22)19-11-14(2)9-15(3)12-19/h13-15,17H,4-12H2,1-3H3/t13-,14+,15+/m1/s1. The summed E-state index contributed by atoms with van der Waals surface area (Å²) in [6.45, 7) is 9.24. The third-order valence-corrected chi connectivity index (χ3v) is 6.36. The van der Waals surface area contributed by atoms with Gasteiger partial charge in [0.15, 0.2) is 0 Å². The SMILES string of the molecule is C[C@@H]1CCCN(C(=O)CCNS(=O)(=O)N2C[C@@H](C)C[C@H](C)C2)C1. The molecule has 0 aliphatic carbocycles. The molecule has 2 rings (SSSR count). The molecule has 3 atom stereocenters. The number of carbonyl (C=O) groups is 1. The lowest BCUT2D eigenvalue weighted by molar-refractivity contribution is -0.132. The Labute approximate surface area is 140 Å². The van der Waals surface area contributed by atoms with Crippen LogP contribution in [0.1, 0.15) is 46.5 Å². The monoisotopic (exact) mass is 345 g/mol. The lowest BCUT2D eigenvalue weighted by Crippen LogP contribution is -2.48. The van der Waals surface area contributed by atoms with Gasteiger partial charge in [0, 0.05) is 39.1 Å². The van der Waals surface area contributed by atoms with Gasteiger partial charge >= 0.3 is 0 Å². The van der Waals surface area contributed by atoms with Crippen molar-refractivity contribution in [3.8, 4) is 0 Å². The molecule has 134 valence electrons. The van der Waals surface area contributed by atoms with Crippen LogP contribution >= 0.6 is 0 Å². The van der Waals surface area contributed by atoms with Crippen molar-refractivity contribution in [3.05, 3.63) is 0 Å². The summed E-state index contributed by atoms with van der Waals surface area (Å²) in [6.07, 6.45) is 3.52. The number of likely N-dealkylation sites (tertiary alicyclic amines) is 1. The molecule has 0 aromatic heterocycles. The van der Waals surface area contributed by atoms with E-state index in [-0.39, 0.29) is 18.9 Å². The zero-order valence-corrected chi connectivity index (χ0v) is 15.4. The number of rotatable bonds is 5. The van der Waals surface area contributed by atoms with Crippen LogP contribution in [0.3, 0.4) is 0 Å². The fourth-order valence-electron chi connectivity index (χ4n) is 3.75. The maximum absolute atomic E-state index is 12.4. The van der Waals surface area contributed by atoms with E-state index in [1.54, 1.807) is 0 Å². The highest BCUT2D eigenvalue weighted by molar-refractivity contribution is 7.87. The summed E-state index contributed by atoms with van der Waals surface area (Å²) in [6, 6.07) is 0. The van der Waals surface area contributed by atoms with Crippen molar-refractivity contribution in [3.63, 3.8) is 0 Å². The summed E-state index contributed by atoms with van der Waals surface area (Å²) >= 11 is 0. The molecule has 2 saturated heterocycles. The highest BCUT2D eigenvalue weighted by Crippen LogP contribution is 2.22. The summed E-state index contributed by atoms with van der Waals surface area (Å²) in [4.78, 5) is 14.1. The maximum atomic E-state index is 12.4. The van der Waals surface area contributed by atoms with E-state index in [0.29, 0.717) is 30.8 Å². The van der Waals surface area contributed by atoms with Crippen LogP contribution in [0.15, 0.2) is 0 Å². The number of nitrogens with one attached hydrogen (secondary N) is 1. The molecule has 0 aromatic carbocycles. The Bertz CT molecular complexity index is 499. The Morgan fingerprint density at radius 3 is 2.35 bits per heavy atom. The molecule has 2 aliphatic heterocycles. The van der Waals surface area contributed by atoms with E-state index in [2.05, 4.69) is 25.5 Å². The number of hydrogen-bond acceptors (Lipinski definition) is 3. The first-order chi connectivity index (χ1) is 10.8. The molecule has 1 amide bonds. The van der Waals surface area contributed by atoms with Gasteiger partial charge in [0.1, 0.15) is 0 Å². The minimum atomic E-state index is -3.47. The zero-order chi connectivity index (χ0) is 17.0. The summed E-state index contributed by atoms with van der Waals surface area (Å²) < 4.78 is 28.9. The number of piperidine rings is 2. The molecular weight excluding hydrogens is 314 g/mol. The van der Waals surface area contributed by atoms with Crippen molar-refractivity contribution >= 4 is 16.1 Å². The van der Waals surface area contributed by atoms with E-state index in [4.69, 9.17) is 0 Å². The molecule has 7 heteroatoms. The molecule has 2 fully saturated rings. The average molecular weight is 346 g/mol. The summed E-state index contributed by atoms with van der Waals surface area (Å²) in [5.74, 6) is 1.36. The Morgan fingerprint density at radius 2 is 1.74 bits per heavy atom. The number of amides is 1. The Kier molecular flexibility index (Phi) is 6.45. The maximum Gasteiger partial charge on any atom is 0.279 e. The van der Waals surface area contributed by atoms with Gasteiger partial charge in [0.2, 0.25) is 5.91 Å². The molecule has 1 N–H and O–H groups in total. The van der Waals surface area contributed by atoms with Gasteiger partial charge in [-0.05, 0) is 37.0 Å². The van der Waals surface area contributed by atoms with Crippen LogP contribution in [0, 0.1) is 17.8 Å². The molecule has 0 aromatic rings. The van der Waals surface area contributed by atoms with Crippen LogP contribution < -0.4 is 4.72 Å². The molecule has 0 spiro atoms. The quantitative estimate of drug-likeness (QED) is 0.820. The Balaban J connectivity index is 1.79. The molecular formula is C16H31N3O3S. The highest BCUT2D eigenvalue weighted by atomic mass is 32.2. The second-order valence-corrected chi connectivity index (χ2v) is 9.25. The molecule has 6 nitrogen and oxygen atoms in total. The summed E-state index contributed by atoms with van der Waals surface area (Å²) in [5.41, 5.74) is 0. The van der Waals surface area contributed by atoms with Crippen molar-refractivity contribution in [1.29, 1.82) is 0 Å². The minimum absolute atomic E-state index is 0.0552. The van der Waals surface area contributed by atoms with Crippen molar-refractivity contribution < 1.29 is 13.2 Å². The highest BCUT2D eigenvalue weighted by Gasteiger charge is 2.30. The molecule has 2 heterocycles. The zero-order valence-electron chi connectivity index (χ0n) is 14.6. The van der Waals surface area contributed by atoms with Gasteiger partial charge in [-0.15, -0.1) is 0 Å². The van der Waals surface area contributed by atoms with Crippen LogP contribution in [-0.4, -0.2) is 56.3 Å². The van der Waals surface area contributed by atoms with Crippen LogP contribution in [0.4, 0.5) is 0 Å². The van der Waals surface area contributed by atoms with Gasteiger partial charge in [0.25, 0.3) is 10.2 Å². The predicted octanol–water partition coefficient (Wildman–Crippen LogP) is 1.45. The normalized spacial score (nSPS) is 30.4. The van der Waals surface area contributed by atoms with Gasteiger partial charge in [0.05, 0.1) is 0 Å². The second kappa shape index (κ2) is 7.94. The first-order valence-corrected chi connectivity index (χ1v) is 10.2. The van der Waals surface area contributed by atoms with E-state index in [1.807, 2.05) is 4.90 Å². The van der Waals surface area contributed by atoms with Crippen molar-refractivity contribution in [2.24, 2.45) is 17.8 Å². The third kappa shape index (κ3) is 5.43. The third-order valence-electron chi connectivity index (χ3n) is 4.81. The first-order valence-electron chi connectivity index (χ1n) is 8.80. The van der Waals surface area contributed by atoms with Gasteiger partial charge < -0.3 is 4.90 Å². The molecule has 0 radical (unpaired) electrons. The molecule has 0 saturated carbocycles. The van der Waals surface area contributed by atoms with Gasteiger partial charge in [-0.25, -0.2) is 4.72 Å². The average Bonchev–Trinajstić information content (AvgIpc) is 2.46. The Hall–Kier alpha value is -0.660. The topological polar surface area (TPSA) is 69.7 Å². The Morgan fingerprint density at radius 1 is 1.09 bits per heavy atom. The van der Waals surface area contributed by atoms with Crippen LogP contribution in [0.5, 0.6) is 0 Å². The molecule has 23 heavy (non-hydrogen) atoms. The lowest BCUT2D eigenvalue weighted by atomic mass is 9.94. The fraction of sp³-hybridized carbons (Fsp3) is 0.938. The van der Waals surface area contributed by atoms with Crippen LogP contribution in [-0.2, 0) is 15.0 Å².